The first-order chi connectivity index (χ1) is 11.2. The Morgan fingerprint density at radius 2 is 1.83 bits per heavy atom. The molecule has 1 aromatic heterocycles. The lowest BCUT2D eigenvalue weighted by Crippen LogP contribution is -2.43. The number of rotatable bonds is 2. The number of amides is 2. The summed E-state index contributed by atoms with van der Waals surface area (Å²) in [5.74, 6) is 9.83. The van der Waals surface area contributed by atoms with Gasteiger partial charge >= 0.3 is 6.03 Å². The molecule has 3 rings (SSSR count). The van der Waals surface area contributed by atoms with Crippen molar-refractivity contribution in [1.82, 2.24) is 20.6 Å². The van der Waals surface area contributed by atoms with Crippen LogP contribution in [0.3, 0.4) is 0 Å². The summed E-state index contributed by atoms with van der Waals surface area (Å²) in [5.41, 5.74) is 4.91. The molecule has 1 atom stereocenters. The number of nitrogens with one attached hydrogen (secondary N) is 2. The minimum atomic E-state index is -0.602. The minimum Gasteiger partial charge on any atom is -0.357 e. The van der Waals surface area contributed by atoms with E-state index in [0.29, 0.717) is 0 Å². The molecule has 0 bridgehead atoms. The summed E-state index contributed by atoms with van der Waals surface area (Å²) in [4.78, 5) is 9.71. The molecule has 2 aliphatic rings. The molecule has 2 heterocycles. The highest BCUT2D eigenvalue weighted by Crippen LogP contribution is 2.33. The van der Waals surface area contributed by atoms with E-state index in [1.54, 1.807) is 10.9 Å². The van der Waals surface area contributed by atoms with Crippen LogP contribution >= 0.6 is 0 Å². The van der Waals surface area contributed by atoms with Crippen molar-refractivity contribution in [3.8, 4) is 0 Å². The molecule has 0 radical (unpaired) electrons. The molecule has 130 valence electrons. The third-order valence-electron chi connectivity index (χ3n) is 4.41. The maximum absolute atomic E-state index is 9.71. The van der Waals surface area contributed by atoms with Crippen molar-refractivity contribution in [2.75, 3.05) is 6.61 Å². The lowest BCUT2D eigenvalue weighted by Gasteiger charge is -2.23. The molecule has 1 saturated heterocycles. The van der Waals surface area contributed by atoms with Crippen molar-refractivity contribution in [1.29, 1.82) is 0 Å². The molecule has 8 heteroatoms. The van der Waals surface area contributed by atoms with E-state index in [2.05, 4.69) is 29.2 Å². The van der Waals surface area contributed by atoms with Gasteiger partial charge in [-0.25, -0.2) is 21.2 Å². The van der Waals surface area contributed by atoms with E-state index in [1.807, 2.05) is 4.68 Å². The molecule has 0 aromatic carbocycles. The zero-order valence-corrected chi connectivity index (χ0v) is 13.5. The van der Waals surface area contributed by atoms with Crippen molar-refractivity contribution in [3.63, 3.8) is 0 Å². The predicted molar refractivity (Wildman–Crippen MR) is 86.9 cm³/mol. The number of nitrogens with two attached hydrogens (primary N) is 2. The van der Waals surface area contributed by atoms with Crippen LogP contribution < -0.4 is 22.5 Å². The third kappa shape index (κ3) is 5.49. The Hall–Kier alpha value is -1.64. The Bertz CT molecular complexity index is 428. The minimum absolute atomic E-state index is 0.195. The van der Waals surface area contributed by atoms with Crippen molar-refractivity contribution in [2.24, 2.45) is 11.7 Å². The second kappa shape index (κ2) is 9.49. The molecule has 8 nitrogen and oxygen atoms in total. The molecule has 1 saturated carbocycles. The SMILES string of the molecule is NNC(=O)NN.c1nn(C2CCCCO2)cc1C1CCCCC1. The van der Waals surface area contributed by atoms with Crippen LogP contribution in [0.15, 0.2) is 12.4 Å². The number of hydrogen-bond acceptors (Lipinski definition) is 5. The van der Waals surface area contributed by atoms with Crippen LogP contribution in [0.2, 0.25) is 0 Å². The number of hydrazine groups is 2. The number of nitrogens with zero attached hydrogens (tertiary/aromatic N) is 2. The molecule has 1 unspecified atom stereocenters. The van der Waals surface area contributed by atoms with E-state index in [0.717, 1.165) is 18.9 Å². The standard InChI is InChI=1S/C14H22N2O.CH6N4O/c1-2-6-12(7-3-1)13-10-15-16(11-13)14-8-4-5-9-17-14;2-4-1(6)5-3/h10-12,14H,1-9H2;2-3H2,(H2,4,5,6). The summed E-state index contributed by atoms with van der Waals surface area (Å²) in [6, 6.07) is -0.602. The van der Waals surface area contributed by atoms with Crippen molar-refractivity contribution >= 4 is 6.03 Å². The first-order valence-corrected chi connectivity index (χ1v) is 8.37. The molecular formula is C15H28N6O2. The van der Waals surface area contributed by atoms with Crippen LogP contribution in [-0.2, 0) is 4.74 Å². The topological polar surface area (TPSA) is 120 Å². The Kier molecular flexibility index (Phi) is 7.31. The second-order valence-electron chi connectivity index (χ2n) is 6.03. The van der Waals surface area contributed by atoms with Gasteiger partial charge in [-0.1, -0.05) is 19.3 Å². The summed E-state index contributed by atoms with van der Waals surface area (Å²) in [7, 11) is 0. The number of hydrogen-bond donors (Lipinski definition) is 4. The van der Waals surface area contributed by atoms with Crippen LogP contribution in [-0.4, -0.2) is 22.4 Å². The fourth-order valence-electron chi connectivity index (χ4n) is 3.13. The molecule has 2 amide bonds. The van der Waals surface area contributed by atoms with Gasteiger partial charge in [0.15, 0.2) is 0 Å². The van der Waals surface area contributed by atoms with Crippen LogP contribution in [0, 0.1) is 0 Å². The number of urea groups is 1. The van der Waals surface area contributed by atoms with Gasteiger partial charge < -0.3 is 4.74 Å². The van der Waals surface area contributed by atoms with Gasteiger partial charge in [-0.3, -0.25) is 10.9 Å². The zero-order valence-electron chi connectivity index (χ0n) is 13.5. The van der Waals surface area contributed by atoms with Gasteiger partial charge in [0.05, 0.1) is 6.20 Å². The van der Waals surface area contributed by atoms with E-state index in [1.165, 1.54) is 50.5 Å². The monoisotopic (exact) mass is 324 g/mol. The van der Waals surface area contributed by atoms with Gasteiger partial charge in [0.25, 0.3) is 0 Å². The van der Waals surface area contributed by atoms with Crippen LogP contribution in [0.25, 0.3) is 0 Å². The maximum Gasteiger partial charge on any atom is 0.343 e. The fourth-order valence-corrected chi connectivity index (χ4v) is 3.13. The number of carbonyl (C=O) groups is 1. The summed E-state index contributed by atoms with van der Waals surface area (Å²) >= 11 is 0. The second-order valence-corrected chi connectivity index (χ2v) is 6.03. The van der Waals surface area contributed by atoms with Gasteiger partial charge in [-0.15, -0.1) is 0 Å². The molecule has 2 fully saturated rings. The molecule has 0 spiro atoms. The molecule has 1 aromatic rings. The Morgan fingerprint density at radius 1 is 1.13 bits per heavy atom. The fraction of sp³-hybridized carbons (Fsp3) is 0.733. The van der Waals surface area contributed by atoms with Crippen molar-refractivity contribution < 1.29 is 9.53 Å². The number of carbonyl (C=O) groups excluding carboxylic acids is 1. The zero-order chi connectivity index (χ0) is 16.5. The highest BCUT2D eigenvalue weighted by Gasteiger charge is 2.20. The molecule has 1 aliphatic carbocycles. The summed E-state index contributed by atoms with van der Waals surface area (Å²) in [5, 5.41) is 4.51. The Labute approximate surface area is 136 Å². The average molecular weight is 324 g/mol. The Morgan fingerprint density at radius 3 is 2.39 bits per heavy atom. The highest BCUT2D eigenvalue weighted by molar-refractivity contribution is 5.72. The predicted octanol–water partition coefficient (Wildman–Crippen LogP) is 1.66. The first kappa shape index (κ1) is 17.7. The van der Waals surface area contributed by atoms with E-state index < -0.39 is 6.03 Å². The molecule has 6 N–H and O–H groups in total. The summed E-state index contributed by atoms with van der Waals surface area (Å²) < 4.78 is 7.81. The van der Waals surface area contributed by atoms with Gasteiger partial charge in [-0.2, -0.15) is 5.10 Å². The smallest absolute Gasteiger partial charge is 0.343 e. The van der Waals surface area contributed by atoms with Crippen LogP contribution in [0.5, 0.6) is 0 Å². The summed E-state index contributed by atoms with van der Waals surface area (Å²) in [6.07, 6.45) is 14.9. The van der Waals surface area contributed by atoms with Gasteiger partial charge in [0.1, 0.15) is 6.23 Å². The number of ether oxygens (including phenoxy) is 1. The van der Waals surface area contributed by atoms with Gasteiger partial charge in [0.2, 0.25) is 0 Å². The van der Waals surface area contributed by atoms with Crippen molar-refractivity contribution in [2.45, 2.75) is 63.5 Å². The maximum atomic E-state index is 9.71. The third-order valence-corrected chi connectivity index (χ3v) is 4.41. The van der Waals surface area contributed by atoms with Gasteiger partial charge in [0, 0.05) is 12.8 Å². The quantitative estimate of drug-likeness (QED) is 0.374. The molecule has 1 aliphatic heterocycles. The lowest BCUT2D eigenvalue weighted by atomic mass is 9.85. The van der Waals surface area contributed by atoms with Crippen LogP contribution in [0.1, 0.15) is 69.1 Å². The average Bonchev–Trinajstić information content (AvgIpc) is 3.13. The normalized spacial score (nSPS) is 21.9. The largest absolute Gasteiger partial charge is 0.357 e. The van der Waals surface area contributed by atoms with E-state index in [-0.39, 0.29) is 6.23 Å². The van der Waals surface area contributed by atoms with Gasteiger partial charge in [-0.05, 0) is 43.6 Å². The first-order valence-electron chi connectivity index (χ1n) is 8.37. The Balaban J connectivity index is 0.000000277. The van der Waals surface area contributed by atoms with E-state index in [9.17, 15) is 4.79 Å². The van der Waals surface area contributed by atoms with Crippen LogP contribution in [0.4, 0.5) is 4.79 Å². The van der Waals surface area contributed by atoms with Crippen molar-refractivity contribution in [3.05, 3.63) is 18.0 Å². The van der Waals surface area contributed by atoms with E-state index >= 15 is 0 Å². The summed E-state index contributed by atoms with van der Waals surface area (Å²) in [6.45, 7) is 0.892. The lowest BCUT2D eigenvalue weighted by molar-refractivity contribution is -0.0395. The molecule has 23 heavy (non-hydrogen) atoms. The number of aromatic nitrogens is 2. The van der Waals surface area contributed by atoms with E-state index in [4.69, 9.17) is 4.74 Å². The molecular weight excluding hydrogens is 296 g/mol. The highest BCUT2D eigenvalue weighted by atomic mass is 16.5.